The first-order valence-corrected chi connectivity index (χ1v) is 10.2. The maximum absolute atomic E-state index is 13.1. The van der Waals surface area contributed by atoms with Crippen LogP contribution in [0.5, 0.6) is 0 Å². The molecule has 1 amide bonds. The fourth-order valence-electron chi connectivity index (χ4n) is 2.74. The van der Waals surface area contributed by atoms with Gasteiger partial charge in [-0.3, -0.25) is 4.79 Å². The normalized spacial score (nSPS) is 13.0. The van der Waals surface area contributed by atoms with Crippen molar-refractivity contribution >= 4 is 33.4 Å². The van der Waals surface area contributed by atoms with Crippen LogP contribution in [0.4, 0.5) is 27.6 Å². The number of nitrogens with zero attached hydrogens (tertiary/aromatic N) is 1. The van der Waals surface area contributed by atoms with Crippen LogP contribution in [0.3, 0.4) is 0 Å². The number of aliphatic imine (C=N–C) groups is 1. The van der Waals surface area contributed by atoms with E-state index in [4.69, 9.17) is 10.9 Å². The molecule has 2 aromatic carbocycles. The van der Waals surface area contributed by atoms with Crippen molar-refractivity contribution < 1.29 is 35.2 Å². The summed E-state index contributed by atoms with van der Waals surface area (Å²) in [6.07, 6.45) is -3.82. The van der Waals surface area contributed by atoms with Crippen molar-refractivity contribution in [1.29, 1.82) is 0 Å². The zero-order valence-corrected chi connectivity index (χ0v) is 16.9. The molecular weight excluding hydrogens is 459 g/mol. The van der Waals surface area contributed by atoms with E-state index in [-0.39, 0.29) is 22.4 Å². The molecule has 5 N–H and O–H groups in total. The van der Waals surface area contributed by atoms with Gasteiger partial charge in [-0.25, -0.2) is 18.5 Å². The van der Waals surface area contributed by atoms with Gasteiger partial charge in [-0.05, 0) is 23.8 Å². The van der Waals surface area contributed by atoms with E-state index >= 15 is 0 Å². The smallest absolute Gasteiger partial charge is 0.404 e. The monoisotopic (exact) mass is 476 g/mol. The maximum atomic E-state index is 13.1. The Labute approximate surface area is 179 Å². The number of primary sulfonamides is 1. The van der Waals surface area contributed by atoms with Gasteiger partial charge in [0.1, 0.15) is 0 Å². The Morgan fingerprint density at radius 1 is 1.16 bits per heavy atom. The molecule has 0 aliphatic heterocycles. The van der Waals surface area contributed by atoms with E-state index in [0.29, 0.717) is 6.21 Å². The average molecular weight is 476 g/mol. The van der Waals surface area contributed by atoms with Gasteiger partial charge in [-0.2, -0.15) is 22.0 Å². The van der Waals surface area contributed by atoms with Crippen molar-refractivity contribution in [3.63, 3.8) is 0 Å². The van der Waals surface area contributed by atoms with Gasteiger partial charge >= 0.3 is 12.7 Å². The molecule has 172 valence electrons. The lowest BCUT2D eigenvalue weighted by Gasteiger charge is -2.14. The van der Waals surface area contributed by atoms with Crippen LogP contribution in [-0.4, -0.2) is 27.1 Å². The predicted molar refractivity (Wildman–Crippen MR) is 108 cm³/mol. The van der Waals surface area contributed by atoms with Crippen molar-refractivity contribution in [2.75, 3.05) is 5.32 Å². The summed E-state index contributed by atoms with van der Waals surface area (Å²) in [7, 11) is -4.42. The van der Waals surface area contributed by atoms with Crippen LogP contribution in [-0.2, 0) is 27.4 Å². The third-order valence-corrected chi connectivity index (χ3v) is 5.01. The van der Waals surface area contributed by atoms with Crippen molar-refractivity contribution in [2.45, 2.75) is 24.0 Å². The fraction of sp³-hybridized carbons (Fsp3) is 0.158. The lowest BCUT2D eigenvalue weighted by atomic mass is 10.0. The molecule has 0 atom stereocenters. The summed E-state index contributed by atoms with van der Waals surface area (Å²) < 4.78 is 87.9. The van der Waals surface area contributed by atoms with Gasteiger partial charge in [0, 0.05) is 29.2 Å². The molecule has 0 spiro atoms. The van der Waals surface area contributed by atoms with E-state index in [9.17, 15) is 35.2 Å². The third kappa shape index (κ3) is 6.59. The Kier molecular flexibility index (Phi) is 7.69. The number of rotatable bonds is 7. The summed E-state index contributed by atoms with van der Waals surface area (Å²) in [5.74, 6) is -0.858. The van der Waals surface area contributed by atoms with Crippen molar-refractivity contribution in [2.24, 2.45) is 15.9 Å². The minimum Gasteiger partial charge on any atom is -0.404 e. The molecule has 32 heavy (non-hydrogen) atoms. The van der Waals surface area contributed by atoms with Gasteiger partial charge in [0.2, 0.25) is 15.9 Å². The van der Waals surface area contributed by atoms with Crippen molar-refractivity contribution in [3.05, 3.63) is 65.4 Å². The van der Waals surface area contributed by atoms with Gasteiger partial charge in [0.05, 0.1) is 16.9 Å². The number of nitrogens with two attached hydrogens (primary N) is 2. The number of hydrogen-bond donors (Lipinski definition) is 3. The fourth-order valence-corrected chi connectivity index (χ4v) is 3.53. The van der Waals surface area contributed by atoms with Gasteiger partial charge in [-0.1, -0.05) is 24.3 Å². The Balaban J connectivity index is 2.36. The highest BCUT2D eigenvalue weighted by atomic mass is 32.2. The molecule has 0 heterocycles. The molecule has 13 heteroatoms. The van der Waals surface area contributed by atoms with Crippen LogP contribution in [0.15, 0.2) is 58.6 Å². The first kappa shape index (κ1) is 24.9. The molecule has 0 bridgehead atoms. The summed E-state index contributed by atoms with van der Waals surface area (Å²) in [4.78, 5) is 14.6. The number of carbonyl (C=O) groups is 1. The number of anilines is 1. The molecule has 0 saturated carbocycles. The van der Waals surface area contributed by atoms with Crippen LogP contribution >= 0.6 is 0 Å². The second-order valence-corrected chi connectivity index (χ2v) is 7.84. The van der Waals surface area contributed by atoms with Crippen LogP contribution in [0.25, 0.3) is 5.57 Å². The van der Waals surface area contributed by atoms with E-state index in [2.05, 4.69) is 10.3 Å². The Hall–Kier alpha value is -3.32. The SMILES string of the molecule is N/C=C(\C=N\C(F)F)c1ccc(NC(=O)Cc2ccccc2C(F)(F)F)cc1S(N)(=O)=O. The topological polar surface area (TPSA) is 128 Å². The molecule has 0 aliphatic rings. The molecular formula is C19H17F5N4O3S. The van der Waals surface area contributed by atoms with E-state index in [0.717, 1.165) is 30.5 Å². The average Bonchev–Trinajstić information content (AvgIpc) is 2.67. The number of benzene rings is 2. The highest BCUT2D eigenvalue weighted by Gasteiger charge is 2.33. The van der Waals surface area contributed by atoms with Crippen LogP contribution in [0.1, 0.15) is 16.7 Å². The Bertz CT molecular complexity index is 1160. The van der Waals surface area contributed by atoms with Gasteiger partial charge in [-0.15, -0.1) is 0 Å². The van der Waals surface area contributed by atoms with E-state index < -0.39 is 45.5 Å². The van der Waals surface area contributed by atoms with Crippen molar-refractivity contribution in [3.8, 4) is 0 Å². The molecule has 0 radical (unpaired) electrons. The standard InChI is InChI=1S/C19H17F5N4O3S/c20-18(21)27-10-12(9-25)14-6-5-13(8-16(14)32(26,30)31)28-17(29)7-11-3-1-2-4-15(11)19(22,23)24/h1-6,8-10,18H,7,25H2,(H,28,29)(H2,26,30,31)/b12-9+,27-10+. The Morgan fingerprint density at radius 3 is 2.38 bits per heavy atom. The molecule has 0 unspecified atom stereocenters. The molecule has 2 aromatic rings. The van der Waals surface area contributed by atoms with E-state index in [1.54, 1.807) is 0 Å². The number of nitrogens with one attached hydrogen (secondary N) is 1. The van der Waals surface area contributed by atoms with Gasteiger partial charge in [0.15, 0.2) is 0 Å². The second kappa shape index (κ2) is 9.87. The van der Waals surface area contributed by atoms with Crippen LogP contribution < -0.4 is 16.2 Å². The number of allylic oxidation sites excluding steroid dienone is 1. The number of amides is 1. The highest BCUT2D eigenvalue weighted by Crippen LogP contribution is 2.32. The lowest BCUT2D eigenvalue weighted by Crippen LogP contribution is -2.19. The van der Waals surface area contributed by atoms with E-state index in [1.165, 1.54) is 18.2 Å². The molecule has 0 saturated heterocycles. The largest absolute Gasteiger partial charge is 0.416 e. The quantitative estimate of drug-likeness (QED) is 0.322. The van der Waals surface area contributed by atoms with Gasteiger partial charge < -0.3 is 11.1 Å². The minimum absolute atomic E-state index is 0.102. The molecule has 2 rings (SSSR count). The molecule has 7 nitrogen and oxygen atoms in total. The summed E-state index contributed by atoms with van der Waals surface area (Å²) in [6.45, 7) is -3.07. The third-order valence-electron chi connectivity index (χ3n) is 4.06. The summed E-state index contributed by atoms with van der Waals surface area (Å²) in [6, 6.07) is 7.76. The maximum Gasteiger partial charge on any atom is 0.416 e. The molecule has 0 aliphatic carbocycles. The number of carbonyl (C=O) groups excluding carboxylic acids is 1. The summed E-state index contributed by atoms with van der Waals surface area (Å²) in [5, 5.41) is 7.46. The van der Waals surface area contributed by atoms with E-state index in [1.807, 2.05) is 0 Å². The number of halogens is 5. The molecule has 0 fully saturated rings. The van der Waals surface area contributed by atoms with Crippen LogP contribution in [0.2, 0.25) is 0 Å². The highest BCUT2D eigenvalue weighted by molar-refractivity contribution is 7.89. The summed E-state index contributed by atoms with van der Waals surface area (Å²) >= 11 is 0. The van der Waals surface area contributed by atoms with Crippen molar-refractivity contribution in [1.82, 2.24) is 0 Å². The number of sulfonamides is 1. The minimum atomic E-state index is -4.66. The zero-order valence-electron chi connectivity index (χ0n) is 16.1. The van der Waals surface area contributed by atoms with Crippen LogP contribution in [0, 0.1) is 0 Å². The lowest BCUT2D eigenvalue weighted by molar-refractivity contribution is -0.138. The zero-order chi connectivity index (χ0) is 24.1. The number of alkyl halides is 5. The van der Waals surface area contributed by atoms with Gasteiger partial charge in [0.25, 0.3) is 0 Å². The Morgan fingerprint density at radius 2 is 1.81 bits per heavy atom. The first-order valence-electron chi connectivity index (χ1n) is 8.68. The molecule has 0 aromatic heterocycles. The summed E-state index contributed by atoms with van der Waals surface area (Å²) in [5.41, 5.74) is 3.64. The first-order chi connectivity index (χ1) is 14.8. The number of hydrogen-bond acceptors (Lipinski definition) is 5. The second-order valence-electron chi connectivity index (χ2n) is 6.31. The predicted octanol–water partition coefficient (Wildman–Crippen LogP) is 3.13.